The first-order valence-corrected chi connectivity index (χ1v) is 5.20. The highest BCUT2D eigenvalue weighted by Gasteiger charge is 2.14. The van der Waals surface area contributed by atoms with Crippen LogP contribution in [0.3, 0.4) is 0 Å². The van der Waals surface area contributed by atoms with Gasteiger partial charge in [0.05, 0.1) is 0 Å². The van der Waals surface area contributed by atoms with Gasteiger partial charge in [-0.2, -0.15) is 0 Å². The average molecular weight is 168 g/mol. The number of allylic oxidation sites excluding steroid dienone is 2. The quantitative estimate of drug-likeness (QED) is 0.545. The van der Waals surface area contributed by atoms with Crippen LogP contribution in [0.5, 0.6) is 0 Å². The Kier molecular flexibility index (Phi) is 5.28. The van der Waals surface area contributed by atoms with Gasteiger partial charge < -0.3 is 0 Å². The molecule has 0 bridgehead atoms. The second kappa shape index (κ2) is 5.40. The lowest BCUT2D eigenvalue weighted by atomic mass is 9.84. The summed E-state index contributed by atoms with van der Waals surface area (Å²) in [6.07, 6.45) is 2.51. The highest BCUT2D eigenvalue weighted by molar-refractivity contribution is 5.12. The third-order valence-corrected chi connectivity index (χ3v) is 3.07. The zero-order chi connectivity index (χ0) is 9.72. The predicted molar refractivity (Wildman–Crippen MR) is 57.3 cm³/mol. The lowest BCUT2D eigenvalue weighted by Crippen LogP contribution is -2.10. The molecule has 0 saturated carbocycles. The maximum absolute atomic E-state index is 2.36. The first-order chi connectivity index (χ1) is 5.54. The van der Waals surface area contributed by atoms with Gasteiger partial charge in [0, 0.05) is 0 Å². The largest absolute Gasteiger partial charge is 0.0770 e. The van der Waals surface area contributed by atoms with Gasteiger partial charge >= 0.3 is 0 Å². The third kappa shape index (κ3) is 3.00. The van der Waals surface area contributed by atoms with Crippen molar-refractivity contribution >= 4 is 0 Å². The van der Waals surface area contributed by atoms with Crippen LogP contribution in [0.2, 0.25) is 0 Å². The number of rotatable bonds is 4. The molecule has 12 heavy (non-hydrogen) atoms. The van der Waals surface area contributed by atoms with Crippen LogP contribution in [0.4, 0.5) is 0 Å². The lowest BCUT2D eigenvalue weighted by molar-refractivity contribution is 0.417. The highest BCUT2D eigenvalue weighted by Crippen LogP contribution is 2.27. The normalized spacial score (nSPS) is 15.5. The van der Waals surface area contributed by atoms with Crippen molar-refractivity contribution in [1.82, 2.24) is 0 Å². The maximum Gasteiger partial charge on any atom is -0.0204 e. The fourth-order valence-corrected chi connectivity index (χ4v) is 1.83. The van der Waals surface area contributed by atoms with E-state index in [-0.39, 0.29) is 0 Å². The number of hydrogen-bond acceptors (Lipinski definition) is 0. The smallest absolute Gasteiger partial charge is 0.0204 e. The zero-order valence-electron chi connectivity index (χ0n) is 9.57. The molecule has 0 aliphatic heterocycles. The SMILES string of the molecule is CCC(=C(C)C)C(C)C(C)CC. The van der Waals surface area contributed by atoms with Crippen LogP contribution in [-0.2, 0) is 0 Å². The van der Waals surface area contributed by atoms with E-state index in [9.17, 15) is 0 Å². The Morgan fingerprint density at radius 3 is 1.83 bits per heavy atom. The van der Waals surface area contributed by atoms with Crippen LogP contribution in [-0.4, -0.2) is 0 Å². The molecule has 0 saturated heterocycles. The molecule has 72 valence electrons. The molecule has 0 aromatic rings. The average Bonchev–Trinajstić information content (AvgIpc) is 2.03. The Morgan fingerprint density at radius 1 is 1.08 bits per heavy atom. The molecule has 0 heterocycles. The van der Waals surface area contributed by atoms with Crippen molar-refractivity contribution in [3.63, 3.8) is 0 Å². The van der Waals surface area contributed by atoms with Crippen molar-refractivity contribution in [2.45, 2.75) is 54.4 Å². The van der Waals surface area contributed by atoms with E-state index < -0.39 is 0 Å². The van der Waals surface area contributed by atoms with Gasteiger partial charge in [-0.05, 0) is 32.1 Å². The lowest BCUT2D eigenvalue weighted by Gasteiger charge is -2.22. The highest BCUT2D eigenvalue weighted by atomic mass is 14.2. The minimum atomic E-state index is 0.769. The molecule has 0 N–H and O–H groups in total. The van der Waals surface area contributed by atoms with Gasteiger partial charge in [0.25, 0.3) is 0 Å². The predicted octanol–water partition coefficient (Wildman–Crippen LogP) is 4.42. The van der Waals surface area contributed by atoms with Gasteiger partial charge in [-0.25, -0.2) is 0 Å². The van der Waals surface area contributed by atoms with Gasteiger partial charge in [0.15, 0.2) is 0 Å². The van der Waals surface area contributed by atoms with Gasteiger partial charge in [-0.15, -0.1) is 0 Å². The van der Waals surface area contributed by atoms with Crippen LogP contribution in [0, 0.1) is 11.8 Å². The first-order valence-electron chi connectivity index (χ1n) is 5.20. The fourth-order valence-electron chi connectivity index (χ4n) is 1.83. The van der Waals surface area contributed by atoms with E-state index in [1.165, 1.54) is 18.4 Å². The van der Waals surface area contributed by atoms with E-state index >= 15 is 0 Å². The summed E-state index contributed by atoms with van der Waals surface area (Å²) in [5, 5.41) is 0. The van der Waals surface area contributed by atoms with Crippen molar-refractivity contribution in [1.29, 1.82) is 0 Å². The van der Waals surface area contributed by atoms with Gasteiger partial charge in [0.2, 0.25) is 0 Å². The minimum Gasteiger partial charge on any atom is -0.0770 e. The minimum absolute atomic E-state index is 0.769. The molecule has 0 amide bonds. The summed E-state index contributed by atoms with van der Waals surface area (Å²) in [6.45, 7) is 13.7. The van der Waals surface area contributed by atoms with Crippen molar-refractivity contribution in [2.24, 2.45) is 11.8 Å². The summed E-state index contributed by atoms with van der Waals surface area (Å²) in [6, 6.07) is 0. The van der Waals surface area contributed by atoms with Gasteiger partial charge in [0.1, 0.15) is 0 Å². The standard InChI is InChI=1S/C12H24/c1-7-10(5)11(6)12(8-2)9(3)4/h10-11H,7-8H2,1-6H3. The van der Waals surface area contributed by atoms with Crippen molar-refractivity contribution in [3.8, 4) is 0 Å². The molecule has 0 aromatic carbocycles. The molecular weight excluding hydrogens is 144 g/mol. The van der Waals surface area contributed by atoms with Crippen LogP contribution in [0.25, 0.3) is 0 Å². The molecule has 0 fully saturated rings. The van der Waals surface area contributed by atoms with E-state index in [2.05, 4.69) is 41.5 Å². The Balaban J connectivity index is 4.43. The summed E-state index contributed by atoms with van der Waals surface area (Å²) in [5.74, 6) is 1.60. The molecule has 0 aliphatic rings. The van der Waals surface area contributed by atoms with E-state index in [4.69, 9.17) is 0 Å². The molecule has 2 atom stereocenters. The molecular formula is C12H24. The topological polar surface area (TPSA) is 0 Å². The molecule has 2 unspecified atom stereocenters. The van der Waals surface area contributed by atoms with Crippen molar-refractivity contribution < 1.29 is 0 Å². The monoisotopic (exact) mass is 168 g/mol. The van der Waals surface area contributed by atoms with E-state index in [1.54, 1.807) is 5.57 Å². The molecule has 0 spiro atoms. The van der Waals surface area contributed by atoms with Crippen molar-refractivity contribution in [3.05, 3.63) is 11.1 Å². The maximum atomic E-state index is 2.36. The molecule has 0 rings (SSSR count). The van der Waals surface area contributed by atoms with E-state index in [1.807, 2.05) is 0 Å². The summed E-state index contributed by atoms with van der Waals surface area (Å²) in [5.41, 5.74) is 3.18. The van der Waals surface area contributed by atoms with Crippen LogP contribution >= 0.6 is 0 Å². The first kappa shape index (κ1) is 11.7. The Labute approximate surface area is 78.1 Å². The third-order valence-electron chi connectivity index (χ3n) is 3.07. The van der Waals surface area contributed by atoms with Crippen LogP contribution in [0.1, 0.15) is 54.4 Å². The molecule has 0 aromatic heterocycles. The second-order valence-electron chi connectivity index (χ2n) is 4.05. The number of hydrogen-bond donors (Lipinski definition) is 0. The Morgan fingerprint density at radius 2 is 1.58 bits per heavy atom. The molecule has 0 radical (unpaired) electrons. The van der Waals surface area contributed by atoms with Crippen LogP contribution in [0.15, 0.2) is 11.1 Å². The summed E-state index contributed by atoms with van der Waals surface area (Å²) in [4.78, 5) is 0. The van der Waals surface area contributed by atoms with Gasteiger partial charge in [-0.3, -0.25) is 0 Å². The molecule has 0 nitrogen and oxygen atoms in total. The second-order valence-corrected chi connectivity index (χ2v) is 4.05. The Hall–Kier alpha value is -0.260. The summed E-state index contributed by atoms with van der Waals surface area (Å²) in [7, 11) is 0. The fraction of sp³-hybridized carbons (Fsp3) is 0.833. The van der Waals surface area contributed by atoms with Crippen LogP contribution < -0.4 is 0 Å². The van der Waals surface area contributed by atoms with Gasteiger partial charge in [-0.1, -0.05) is 45.3 Å². The van der Waals surface area contributed by atoms with E-state index in [0.29, 0.717) is 0 Å². The molecule has 0 aliphatic carbocycles. The zero-order valence-corrected chi connectivity index (χ0v) is 9.57. The summed E-state index contributed by atoms with van der Waals surface area (Å²) >= 11 is 0. The van der Waals surface area contributed by atoms with Crippen molar-refractivity contribution in [2.75, 3.05) is 0 Å². The molecule has 0 heteroatoms. The van der Waals surface area contributed by atoms with E-state index in [0.717, 1.165) is 11.8 Å². The Bertz CT molecular complexity index is 149. The summed E-state index contributed by atoms with van der Waals surface area (Å²) < 4.78 is 0.